The van der Waals surface area contributed by atoms with Crippen LogP contribution in [0.3, 0.4) is 0 Å². The van der Waals surface area contributed by atoms with E-state index in [4.69, 9.17) is 5.73 Å². The Balaban J connectivity index is 2.14. The van der Waals surface area contributed by atoms with E-state index < -0.39 is 5.66 Å². The van der Waals surface area contributed by atoms with Crippen molar-refractivity contribution < 1.29 is 4.79 Å². The summed E-state index contributed by atoms with van der Waals surface area (Å²) in [5.41, 5.74) is 6.32. The summed E-state index contributed by atoms with van der Waals surface area (Å²) in [7, 11) is 0. The van der Waals surface area contributed by atoms with Gasteiger partial charge in [-0.3, -0.25) is 0 Å². The molecule has 0 saturated carbocycles. The first-order valence-corrected chi connectivity index (χ1v) is 4.77. The molecule has 1 atom stereocenters. The van der Waals surface area contributed by atoms with Crippen LogP contribution in [0.15, 0.2) is 42.6 Å². The highest BCUT2D eigenvalue weighted by atomic mass is 16.2. The summed E-state index contributed by atoms with van der Waals surface area (Å²) in [6.45, 7) is 0. The third kappa shape index (κ3) is 2.35. The molecule has 0 aliphatic carbocycles. The van der Waals surface area contributed by atoms with Crippen LogP contribution < -0.4 is 16.4 Å². The highest BCUT2D eigenvalue weighted by Crippen LogP contribution is 2.11. The van der Waals surface area contributed by atoms with Crippen molar-refractivity contribution in [3.63, 3.8) is 0 Å². The molecule has 4 nitrogen and oxygen atoms in total. The fourth-order valence-electron chi connectivity index (χ4n) is 1.59. The van der Waals surface area contributed by atoms with Gasteiger partial charge in [0.2, 0.25) is 0 Å². The second-order valence-electron chi connectivity index (χ2n) is 3.63. The third-order valence-corrected chi connectivity index (χ3v) is 2.28. The number of rotatable bonds is 2. The van der Waals surface area contributed by atoms with E-state index in [1.807, 2.05) is 30.3 Å². The number of nitrogens with one attached hydrogen (secondary N) is 2. The van der Waals surface area contributed by atoms with Crippen LogP contribution in [0.5, 0.6) is 0 Å². The van der Waals surface area contributed by atoms with E-state index in [1.165, 1.54) is 0 Å². The molecule has 1 unspecified atom stereocenters. The first-order valence-electron chi connectivity index (χ1n) is 4.77. The molecule has 0 fully saturated rings. The van der Waals surface area contributed by atoms with Crippen LogP contribution in [0, 0.1) is 0 Å². The number of carbonyl (C=O) groups excluding carboxylic acids is 1. The highest BCUT2D eigenvalue weighted by Gasteiger charge is 2.26. The third-order valence-electron chi connectivity index (χ3n) is 2.28. The average molecular weight is 203 g/mol. The van der Waals surface area contributed by atoms with E-state index in [1.54, 1.807) is 12.3 Å². The van der Waals surface area contributed by atoms with Gasteiger partial charge in [-0.2, -0.15) is 0 Å². The predicted molar refractivity (Wildman–Crippen MR) is 57.9 cm³/mol. The monoisotopic (exact) mass is 203 g/mol. The molecule has 4 N–H and O–H groups in total. The quantitative estimate of drug-likeness (QED) is 0.662. The first-order chi connectivity index (χ1) is 7.18. The molecule has 2 rings (SSSR count). The van der Waals surface area contributed by atoms with Gasteiger partial charge in [-0.15, -0.1) is 0 Å². The minimum atomic E-state index is -0.788. The summed E-state index contributed by atoms with van der Waals surface area (Å²) in [5.74, 6) is 0. The predicted octanol–water partition coefficient (Wildman–Crippen LogP) is 0.711. The zero-order valence-electron chi connectivity index (χ0n) is 8.23. The van der Waals surface area contributed by atoms with Gasteiger partial charge in [0.05, 0.1) is 0 Å². The van der Waals surface area contributed by atoms with E-state index >= 15 is 0 Å². The molecule has 1 aliphatic rings. The molecule has 0 saturated heterocycles. The molecule has 1 aromatic rings. The summed E-state index contributed by atoms with van der Waals surface area (Å²) >= 11 is 0. The minimum absolute atomic E-state index is 0.268. The van der Waals surface area contributed by atoms with Gasteiger partial charge in [0.1, 0.15) is 5.66 Å². The van der Waals surface area contributed by atoms with Crippen molar-refractivity contribution in [1.29, 1.82) is 0 Å². The van der Waals surface area contributed by atoms with Crippen molar-refractivity contribution in [1.82, 2.24) is 10.6 Å². The van der Waals surface area contributed by atoms with Crippen LogP contribution in [0.2, 0.25) is 0 Å². The summed E-state index contributed by atoms with van der Waals surface area (Å²) in [6, 6.07) is 9.55. The molecule has 78 valence electrons. The lowest BCUT2D eigenvalue weighted by molar-refractivity contribution is 0.232. The number of benzene rings is 1. The maximum atomic E-state index is 11.1. The largest absolute Gasteiger partial charge is 0.320 e. The summed E-state index contributed by atoms with van der Waals surface area (Å²) in [6.07, 6.45) is 3.90. The van der Waals surface area contributed by atoms with E-state index in [0.717, 1.165) is 5.56 Å². The van der Waals surface area contributed by atoms with Gasteiger partial charge < -0.3 is 16.4 Å². The zero-order valence-corrected chi connectivity index (χ0v) is 8.23. The van der Waals surface area contributed by atoms with Crippen molar-refractivity contribution in [2.45, 2.75) is 12.1 Å². The molecule has 0 bridgehead atoms. The van der Waals surface area contributed by atoms with Crippen LogP contribution in [0.25, 0.3) is 0 Å². The van der Waals surface area contributed by atoms with Crippen molar-refractivity contribution >= 4 is 6.03 Å². The number of nitrogens with two attached hydrogens (primary N) is 1. The number of urea groups is 1. The normalized spacial score (nSPS) is 24.5. The maximum Gasteiger partial charge on any atom is 0.320 e. The van der Waals surface area contributed by atoms with Gasteiger partial charge in [0.25, 0.3) is 0 Å². The topological polar surface area (TPSA) is 67.1 Å². The Morgan fingerprint density at radius 3 is 2.67 bits per heavy atom. The smallest absolute Gasteiger partial charge is 0.316 e. The molecular formula is C11H13N3O. The van der Waals surface area contributed by atoms with Crippen LogP contribution >= 0.6 is 0 Å². The van der Waals surface area contributed by atoms with Crippen molar-refractivity contribution in [2.75, 3.05) is 0 Å². The van der Waals surface area contributed by atoms with Crippen molar-refractivity contribution in [3.05, 3.63) is 48.2 Å². The Morgan fingerprint density at radius 1 is 1.27 bits per heavy atom. The Labute approximate surface area is 88.2 Å². The fraction of sp³-hybridized carbons (Fsp3) is 0.182. The number of carbonyl (C=O) groups is 1. The molecule has 1 aromatic carbocycles. The molecular weight excluding hydrogens is 190 g/mol. The van der Waals surface area contributed by atoms with E-state index in [-0.39, 0.29) is 6.03 Å². The SMILES string of the molecule is NC1(Cc2ccccc2)C=CNC(=O)N1. The van der Waals surface area contributed by atoms with E-state index in [0.29, 0.717) is 6.42 Å². The van der Waals surface area contributed by atoms with Gasteiger partial charge >= 0.3 is 6.03 Å². The van der Waals surface area contributed by atoms with Crippen LogP contribution in [0.1, 0.15) is 5.56 Å². The van der Waals surface area contributed by atoms with Crippen LogP contribution in [0.4, 0.5) is 4.79 Å². The van der Waals surface area contributed by atoms with Gasteiger partial charge in [0.15, 0.2) is 0 Å². The minimum Gasteiger partial charge on any atom is -0.316 e. The lowest BCUT2D eigenvalue weighted by Crippen LogP contribution is -2.60. The summed E-state index contributed by atoms with van der Waals surface area (Å²) < 4.78 is 0. The standard InChI is InChI=1S/C11H13N3O/c12-11(6-7-13-10(15)14-11)8-9-4-2-1-3-5-9/h1-7H,8,12H2,(H2,13,14,15). The Hall–Kier alpha value is -1.81. The summed E-state index contributed by atoms with van der Waals surface area (Å²) in [4.78, 5) is 11.1. The van der Waals surface area contributed by atoms with Crippen molar-refractivity contribution in [2.24, 2.45) is 5.73 Å². The van der Waals surface area contributed by atoms with Crippen molar-refractivity contribution in [3.8, 4) is 0 Å². The number of amides is 2. The molecule has 1 aliphatic heterocycles. The Bertz CT molecular complexity index is 388. The molecule has 0 radical (unpaired) electrons. The molecule has 2 amide bonds. The number of hydrogen-bond donors (Lipinski definition) is 3. The first kappa shape index (κ1) is 9.73. The molecule has 4 heteroatoms. The van der Waals surface area contributed by atoms with Crippen LogP contribution in [-0.2, 0) is 6.42 Å². The van der Waals surface area contributed by atoms with Gasteiger partial charge in [-0.05, 0) is 11.6 Å². The van der Waals surface area contributed by atoms with Gasteiger partial charge in [-0.25, -0.2) is 4.79 Å². The fourth-order valence-corrected chi connectivity index (χ4v) is 1.59. The second kappa shape index (κ2) is 3.74. The zero-order chi connectivity index (χ0) is 10.7. The van der Waals surface area contributed by atoms with Crippen LogP contribution in [-0.4, -0.2) is 11.7 Å². The molecule has 0 spiro atoms. The highest BCUT2D eigenvalue weighted by molar-refractivity contribution is 5.77. The molecule has 0 aromatic heterocycles. The number of hydrogen-bond acceptors (Lipinski definition) is 2. The van der Waals surface area contributed by atoms with Gasteiger partial charge in [-0.1, -0.05) is 30.3 Å². The summed E-state index contributed by atoms with van der Waals surface area (Å²) in [5, 5.41) is 5.19. The maximum absolute atomic E-state index is 11.1. The van der Waals surface area contributed by atoms with E-state index in [9.17, 15) is 4.79 Å². The van der Waals surface area contributed by atoms with E-state index in [2.05, 4.69) is 10.6 Å². The Kier molecular flexibility index (Phi) is 2.43. The molecule has 1 heterocycles. The molecule has 15 heavy (non-hydrogen) atoms. The van der Waals surface area contributed by atoms with Gasteiger partial charge in [0, 0.05) is 12.6 Å². The lowest BCUT2D eigenvalue weighted by atomic mass is 9.99. The second-order valence-corrected chi connectivity index (χ2v) is 3.63. The lowest BCUT2D eigenvalue weighted by Gasteiger charge is -2.30. The average Bonchev–Trinajstić information content (AvgIpc) is 2.18. The Morgan fingerprint density at radius 2 is 2.00 bits per heavy atom.